The number of aromatic hydroxyl groups is 4. The van der Waals surface area contributed by atoms with Crippen molar-refractivity contribution in [1.82, 2.24) is 0 Å². The van der Waals surface area contributed by atoms with Crippen molar-refractivity contribution >= 4 is 39.1 Å². The van der Waals surface area contributed by atoms with Crippen LogP contribution in [0.3, 0.4) is 0 Å². The maximum atomic E-state index is 13.1. The Balaban J connectivity index is 1.75. The highest BCUT2D eigenvalue weighted by Gasteiger charge is 2.30. The summed E-state index contributed by atoms with van der Waals surface area (Å²) in [6.45, 7) is 0. The summed E-state index contributed by atoms with van der Waals surface area (Å²) in [7, 11) is 4.96. The number of phenolic OH excluding ortho intramolecular Hbond substituents is 4. The van der Waals surface area contributed by atoms with Crippen molar-refractivity contribution < 1.29 is 63.3 Å². The Bertz CT molecular complexity index is 1840. The summed E-state index contributed by atoms with van der Waals surface area (Å²) in [5.41, 5.74) is -2.29. The molecule has 0 bridgehead atoms. The molecule has 42 heavy (non-hydrogen) atoms. The number of methoxy groups -OCH3 is 4. The molecule has 14 nitrogen and oxygen atoms in total. The number of hydrogen-bond donors (Lipinski definition) is 5. The number of carbonyl (C=O) groups is 3. The molecular formula is C28H24O14. The normalized spacial score (nSPS) is 11.7. The molecule has 0 aliphatic rings. The van der Waals surface area contributed by atoms with Crippen LogP contribution in [0.5, 0.6) is 40.2 Å². The van der Waals surface area contributed by atoms with Crippen LogP contribution in [0.2, 0.25) is 0 Å². The second kappa shape index (κ2) is 11.2. The van der Waals surface area contributed by atoms with Gasteiger partial charge in [-0.15, -0.1) is 0 Å². The van der Waals surface area contributed by atoms with Gasteiger partial charge in [0.2, 0.25) is 17.3 Å². The summed E-state index contributed by atoms with van der Waals surface area (Å²) in [6, 6.07) is 4.51. The second-order valence-electron chi connectivity index (χ2n) is 8.85. The van der Waals surface area contributed by atoms with Crippen LogP contribution in [0.25, 0.3) is 21.5 Å². The minimum absolute atomic E-state index is 0.0119. The fourth-order valence-corrected chi connectivity index (χ4v) is 4.50. The average molecular weight is 584 g/mol. The minimum atomic E-state index is -1.92. The number of ketones is 2. The molecule has 1 unspecified atom stereocenters. The summed E-state index contributed by atoms with van der Waals surface area (Å²) in [6.07, 6.45) is -2.88. The van der Waals surface area contributed by atoms with Crippen molar-refractivity contribution in [3.05, 3.63) is 51.6 Å². The van der Waals surface area contributed by atoms with E-state index in [0.717, 1.165) is 25.3 Å². The van der Waals surface area contributed by atoms with Gasteiger partial charge in [-0.05, 0) is 23.6 Å². The molecule has 0 amide bonds. The molecule has 0 aliphatic heterocycles. The molecule has 4 rings (SSSR count). The van der Waals surface area contributed by atoms with Crippen LogP contribution in [-0.2, 0) is 9.53 Å². The van der Waals surface area contributed by atoms with Crippen LogP contribution in [0, 0.1) is 0 Å². The Hall–Kier alpha value is -5.50. The van der Waals surface area contributed by atoms with Gasteiger partial charge >= 0.3 is 11.6 Å². The average Bonchev–Trinajstić information content (AvgIpc) is 2.98. The zero-order valence-corrected chi connectivity index (χ0v) is 22.5. The molecule has 0 aliphatic carbocycles. The van der Waals surface area contributed by atoms with E-state index in [0.29, 0.717) is 0 Å². The van der Waals surface area contributed by atoms with Gasteiger partial charge in [0.25, 0.3) is 0 Å². The van der Waals surface area contributed by atoms with Gasteiger partial charge in [-0.2, -0.15) is 0 Å². The van der Waals surface area contributed by atoms with E-state index in [-0.39, 0.29) is 33.4 Å². The highest BCUT2D eigenvalue weighted by Crippen LogP contribution is 2.49. The molecule has 3 aromatic carbocycles. The number of benzene rings is 3. The van der Waals surface area contributed by atoms with E-state index in [1.165, 1.54) is 27.4 Å². The summed E-state index contributed by atoms with van der Waals surface area (Å²) < 4.78 is 25.1. The van der Waals surface area contributed by atoms with Crippen LogP contribution in [0.1, 0.15) is 39.0 Å². The standard InChI is InChI=1S/C28H24O14/c1-38-16-9-17(39-2)26(40-3)20-12(16)7-13(23(33)25(20)35)21(31)15(30)8-14(29)11-5-10-6-18(27(36)41-4)42-28(37)19(10)24(34)22(11)32/h5-7,9,14,29,32-35H,8H2,1-4H3. The molecular weight excluding hydrogens is 560 g/mol. The number of carbonyl (C=O) groups excluding carboxylic acids is 3. The molecule has 14 heteroatoms. The Labute approximate surface area is 235 Å². The molecule has 0 saturated carbocycles. The number of rotatable bonds is 9. The van der Waals surface area contributed by atoms with Crippen molar-refractivity contribution in [2.24, 2.45) is 0 Å². The highest BCUT2D eigenvalue weighted by atomic mass is 16.5. The molecule has 1 aromatic heterocycles. The number of esters is 1. The molecule has 5 N–H and O–H groups in total. The van der Waals surface area contributed by atoms with E-state index in [2.05, 4.69) is 4.74 Å². The van der Waals surface area contributed by atoms with Crippen molar-refractivity contribution in [3.8, 4) is 40.2 Å². The molecule has 0 saturated heterocycles. The largest absolute Gasteiger partial charge is 0.504 e. The lowest BCUT2D eigenvalue weighted by atomic mass is 9.94. The lowest BCUT2D eigenvalue weighted by molar-refractivity contribution is -0.117. The lowest BCUT2D eigenvalue weighted by Gasteiger charge is -2.17. The number of Topliss-reactive ketones (excluding diaryl/α,β-unsaturated/α-hetero) is 2. The quantitative estimate of drug-likeness (QED) is 0.0826. The number of hydrogen-bond acceptors (Lipinski definition) is 14. The van der Waals surface area contributed by atoms with Crippen molar-refractivity contribution in [3.63, 3.8) is 0 Å². The van der Waals surface area contributed by atoms with E-state index >= 15 is 0 Å². The van der Waals surface area contributed by atoms with E-state index < -0.39 is 81.0 Å². The summed E-state index contributed by atoms with van der Waals surface area (Å²) in [5, 5.41) is 52.4. The Morgan fingerprint density at radius 1 is 0.810 bits per heavy atom. The monoisotopic (exact) mass is 584 g/mol. The van der Waals surface area contributed by atoms with E-state index in [9.17, 15) is 44.7 Å². The third-order valence-corrected chi connectivity index (χ3v) is 6.55. The number of ether oxygens (including phenoxy) is 4. The van der Waals surface area contributed by atoms with Crippen LogP contribution < -0.4 is 19.8 Å². The molecule has 0 spiro atoms. The fourth-order valence-electron chi connectivity index (χ4n) is 4.50. The number of aliphatic hydroxyl groups is 1. The van der Waals surface area contributed by atoms with Gasteiger partial charge in [0.15, 0.2) is 34.5 Å². The van der Waals surface area contributed by atoms with E-state index in [1.54, 1.807) is 0 Å². The van der Waals surface area contributed by atoms with Crippen molar-refractivity contribution in [2.45, 2.75) is 12.5 Å². The summed E-state index contributed by atoms with van der Waals surface area (Å²) in [4.78, 5) is 50.2. The zero-order valence-electron chi connectivity index (χ0n) is 22.5. The van der Waals surface area contributed by atoms with E-state index in [4.69, 9.17) is 18.6 Å². The third-order valence-electron chi connectivity index (χ3n) is 6.55. The molecule has 1 atom stereocenters. The minimum Gasteiger partial charge on any atom is -0.504 e. The van der Waals surface area contributed by atoms with E-state index in [1.807, 2.05) is 0 Å². The predicted molar refractivity (Wildman–Crippen MR) is 143 cm³/mol. The first-order valence-electron chi connectivity index (χ1n) is 11.9. The number of phenols is 4. The summed E-state index contributed by atoms with van der Waals surface area (Å²) in [5.74, 6) is -7.64. The van der Waals surface area contributed by atoms with Crippen LogP contribution >= 0.6 is 0 Å². The maximum Gasteiger partial charge on any atom is 0.374 e. The highest BCUT2D eigenvalue weighted by molar-refractivity contribution is 6.45. The maximum absolute atomic E-state index is 13.1. The number of aliphatic hydroxyl groups excluding tert-OH is 1. The van der Waals surface area contributed by atoms with Gasteiger partial charge in [0.05, 0.1) is 45.5 Å². The molecule has 0 radical (unpaired) electrons. The summed E-state index contributed by atoms with van der Waals surface area (Å²) >= 11 is 0. The van der Waals surface area contributed by atoms with Crippen LogP contribution in [0.15, 0.2) is 33.5 Å². The van der Waals surface area contributed by atoms with Crippen LogP contribution in [0.4, 0.5) is 0 Å². The SMILES string of the molecule is COC(=O)c1cc2cc(C(O)CC(=O)C(=O)c3cc4c(OC)cc(OC)c(OC)c4c(O)c3O)c(O)c(O)c2c(=O)o1. The molecule has 220 valence electrons. The Morgan fingerprint density at radius 2 is 1.45 bits per heavy atom. The lowest BCUT2D eigenvalue weighted by Crippen LogP contribution is -2.18. The molecule has 0 fully saturated rings. The first kappa shape index (κ1) is 29.5. The molecule has 4 aromatic rings. The first-order chi connectivity index (χ1) is 19.9. The van der Waals surface area contributed by atoms with Crippen molar-refractivity contribution in [1.29, 1.82) is 0 Å². The third kappa shape index (κ3) is 4.73. The first-order valence-corrected chi connectivity index (χ1v) is 11.9. The fraction of sp³-hybridized carbons (Fsp3) is 0.214. The van der Waals surface area contributed by atoms with Gasteiger partial charge < -0.3 is 48.9 Å². The van der Waals surface area contributed by atoms with Crippen molar-refractivity contribution in [2.75, 3.05) is 28.4 Å². The topological polar surface area (TPSA) is 219 Å². The van der Waals surface area contributed by atoms with Gasteiger partial charge in [0, 0.05) is 23.4 Å². The Morgan fingerprint density at radius 3 is 2.05 bits per heavy atom. The Kier molecular flexibility index (Phi) is 7.84. The number of fused-ring (bicyclic) bond motifs is 2. The van der Waals surface area contributed by atoms with Gasteiger partial charge in [-0.25, -0.2) is 9.59 Å². The van der Waals surface area contributed by atoms with Gasteiger partial charge in [-0.3, -0.25) is 9.59 Å². The van der Waals surface area contributed by atoms with Gasteiger partial charge in [-0.1, -0.05) is 0 Å². The zero-order chi connectivity index (χ0) is 31.0. The predicted octanol–water partition coefficient (Wildman–Crippen LogP) is 2.46. The van der Waals surface area contributed by atoms with Crippen LogP contribution in [-0.4, -0.2) is 71.5 Å². The second-order valence-corrected chi connectivity index (χ2v) is 8.85. The smallest absolute Gasteiger partial charge is 0.374 e. The van der Waals surface area contributed by atoms with Gasteiger partial charge in [0.1, 0.15) is 11.1 Å². The molecule has 1 heterocycles.